The van der Waals surface area contributed by atoms with Crippen molar-refractivity contribution in [3.8, 4) is 0 Å². The summed E-state index contributed by atoms with van der Waals surface area (Å²) < 4.78 is 5.26. The van der Waals surface area contributed by atoms with Gasteiger partial charge in [-0.25, -0.2) is 0 Å². The van der Waals surface area contributed by atoms with Gasteiger partial charge in [0.15, 0.2) is 0 Å². The van der Waals surface area contributed by atoms with Gasteiger partial charge in [0, 0.05) is 31.2 Å². The van der Waals surface area contributed by atoms with Crippen LogP contribution in [0.2, 0.25) is 5.02 Å². The zero-order chi connectivity index (χ0) is 17.8. The number of hydrogen-bond acceptors (Lipinski definition) is 4. The van der Waals surface area contributed by atoms with E-state index in [9.17, 15) is 9.59 Å². The van der Waals surface area contributed by atoms with Gasteiger partial charge in [-0.05, 0) is 37.0 Å². The topological polar surface area (TPSA) is 84.7 Å². The predicted molar refractivity (Wildman–Crippen MR) is 96.7 cm³/mol. The number of carbonyl (C=O) groups excluding carboxylic acids is 2. The molecule has 3 rings (SSSR count). The Morgan fingerprint density at radius 2 is 2.04 bits per heavy atom. The highest BCUT2D eigenvalue weighted by Crippen LogP contribution is 2.28. The first-order valence-electron chi connectivity index (χ1n) is 8.76. The number of morpholine rings is 1. The molecule has 0 unspecified atom stereocenters. The molecule has 1 aliphatic heterocycles. The molecule has 3 N–H and O–H groups in total. The number of nitrogens with two attached hydrogens (primary N) is 1. The van der Waals surface area contributed by atoms with Crippen LogP contribution in [0.4, 0.5) is 5.69 Å². The third kappa shape index (κ3) is 4.51. The van der Waals surface area contributed by atoms with Crippen molar-refractivity contribution in [3.05, 3.63) is 28.8 Å². The molecule has 2 amide bonds. The molecule has 136 valence electrons. The first kappa shape index (κ1) is 18.2. The number of hydrogen-bond donors (Lipinski definition) is 2. The van der Waals surface area contributed by atoms with Crippen LogP contribution < -0.4 is 11.1 Å². The highest BCUT2D eigenvalue weighted by molar-refractivity contribution is 6.34. The van der Waals surface area contributed by atoms with E-state index in [2.05, 4.69) is 5.32 Å². The number of anilines is 1. The van der Waals surface area contributed by atoms with Gasteiger partial charge < -0.3 is 20.7 Å². The second kappa shape index (κ2) is 8.17. The zero-order valence-corrected chi connectivity index (χ0v) is 14.9. The van der Waals surface area contributed by atoms with Gasteiger partial charge in [0.2, 0.25) is 5.91 Å². The molecule has 25 heavy (non-hydrogen) atoms. The SMILES string of the molecule is N[C@@H]1CCC[C@H]1CC(=O)Nc1ccc(C(=O)N2CCOCC2)c(Cl)c1. The Kier molecular flexibility index (Phi) is 5.93. The van der Waals surface area contributed by atoms with E-state index in [1.165, 1.54) is 0 Å². The lowest BCUT2D eigenvalue weighted by Crippen LogP contribution is -2.40. The Bertz CT molecular complexity index is 646. The third-order valence-corrected chi connectivity index (χ3v) is 5.26. The Hall–Kier alpha value is -1.63. The van der Waals surface area contributed by atoms with Crippen LogP contribution in [0.25, 0.3) is 0 Å². The maximum Gasteiger partial charge on any atom is 0.255 e. The average molecular weight is 366 g/mol. The molecule has 2 atom stereocenters. The van der Waals surface area contributed by atoms with Gasteiger partial charge in [0.25, 0.3) is 5.91 Å². The summed E-state index contributed by atoms with van der Waals surface area (Å²) in [5, 5.41) is 3.19. The van der Waals surface area contributed by atoms with Crippen molar-refractivity contribution < 1.29 is 14.3 Å². The van der Waals surface area contributed by atoms with E-state index in [4.69, 9.17) is 22.1 Å². The lowest BCUT2D eigenvalue weighted by molar-refractivity contribution is -0.117. The van der Waals surface area contributed by atoms with Gasteiger partial charge in [-0.1, -0.05) is 18.0 Å². The highest BCUT2D eigenvalue weighted by Gasteiger charge is 2.26. The van der Waals surface area contributed by atoms with Crippen molar-refractivity contribution in [2.45, 2.75) is 31.7 Å². The Labute approximate surface area is 152 Å². The van der Waals surface area contributed by atoms with Gasteiger partial charge in [0.05, 0.1) is 23.8 Å². The molecule has 0 bridgehead atoms. The summed E-state index contributed by atoms with van der Waals surface area (Å²) in [6.07, 6.45) is 3.50. The molecular formula is C18H24ClN3O3. The molecule has 2 fully saturated rings. The lowest BCUT2D eigenvalue weighted by Gasteiger charge is -2.27. The van der Waals surface area contributed by atoms with E-state index >= 15 is 0 Å². The first-order valence-corrected chi connectivity index (χ1v) is 9.14. The standard InChI is InChI=1S/C18H24ClN3O3/c19-15-11-13(21-17(23)10-12-2-1-3-16(12)20)4-5-14(15)18(24)22-6-8-25-9-7-22/h4-5,11-12,16H,1-3,6-10,20H2,(H,21,23)/t12-,16+/m0/s1. The van der Waals surface area contributed by atoms with Gasteiger partial charge in [0.1, 0.15) is 0 Å². The van der Waals surface area contributed by atoms with E-state index in [0.29, 0.717) is 49.0 Å². The second-order valence-electron chi connectivity index (χ2n) is 6.71. The minimum Gasteiger partial charge on any atom is -0.378 e. The van der Waals surface area contributed by atoms with Crippen LogP contribution in [0, 0.1) is 5.92 Å². The maximum absolute atomic E-state index is 12.5. The highest BCUT2D eigenvalue weighted by atomic mass is 35.5. The predicted octanol–water partition coefficient (Wildman–Crippen LogP) is 2.27. The molecule has 1 heterocycles. The molecule has 1 saturated carbocycles. The summed E-state index contributed by atoms with van der Waals surface area (Å²) in [6.45, 7) is 2.21. The van der Waals surface area contributed by atoms with Gasteiger partial charge in [-0.2, -0.15) is 0 Å². The molecule has 2 aliphatic rings. The minimum absolute atomic E-state index is 0.0642. The summed E-state index contributed by atoms with van der Waals surface area (Å²) in [5.74, 6) is 0.0754. The van der Waals surface area contributed by atoms with Crippen molar-refractivity contribution in [1.82, 2.24) is 4.90 Å². The van der Waals surface area contributed by atoms with Gasteiger partial charge in [-0.15, -0.1) is 0 Å². The lowest BCUT2D eigenvalue weighted by atomic mass is 10.00. The summed E-state index contributed by atoms with van der Waals surface area (Å²) in [5.41, 5.74) is 7.06. The molecular weight excluding hydrogens is 342 g/mol. The molecule has 6 nitrogen and oxygen atoms in total. The van der Waals surface area contributed by atoms with Crippen molar-refractivity contribution >= 4 is 29.1 Å². The largest absolute Gasteiger partial charge is 0.378 e. The van der Waals surface area contributed by atoms with Crippen LogP contribution in [0.15, 0.2) is 18.2 Å². The number of amides is 2. The molecule has 1 aromatic carbocycles. The molecule has 1 aliphatic carbocycles. The van der Waals surface area contributed by atoms with Crippen LogP contribution >= 0.6 is 11.6 Å². The average Bonchev–Trinajstić information content (AvgIpc) is 3.00. The molecule has 1 aromatic rings. The fourth-order valence-corrected chi connectivity index (χ4v) is 3.73. The third-order valence-electron chi connectivity index (χ3n) is 4.95. The smallest absolute Gasteiger partial charge is 0.255 e. The van der Waals surface area contributed by atoms with Crippen molar-refractivity contribution in [1.29, 1.82) is 0 Å². The summed E-state index contributed by atoms with van der Waals surface area (Å²) in [6, 6.07) is 5.12. The number of nitrogens with zero attached hydrogens (tertiary/aromatic N) is 1. The van der Waals surface area contributed by atoms with E-state index < -0.39 is 0 Å². The zero-order valence-electron chi connectivity index (χ0n) is 14.2. The monoisotopic (exact) mass is 365 g/mol. The molecule has 0 radical (unpaired) electrons. The maximum atomic E-state index is 12.5. The number of ether oxygens (including phenoxy) is 1. The van der Waals surface area contributed by atoms with Crippen molar-refractivity contribution in [2.24, 2.45) is 11.7 Å². The first-order chi connectivity index (χ1) is 12.0. The number of nitrogens with one attached hydrogen (secondary N) is 1. The normalized spacial score (nSPS) is 23.5. The van der Waals surface area contributed by atoms with Crippen molar-refractivity contribution in [2.75, 3.05) is 31.6 Å². The number of rotatable bonds is 4. The van der Waals surface area contributed by atoms with Crippen LogP contribution in [0.5, 0.6) is 0 Å². The fourth-order valence-electron chi connectivity index (χ4n) is 3.47. The quantitative estimate of drug-likeness (QED) is 0.857. The van der Waals surface area contributed by atoms with Crippen LogP contribution in [0.3, 0.4) is 0 Å². The van der Waals surface area contributed by atoms with E-state index in [0.717, 1.165) is 19.3 Å². The summed E-state index contributed by atoms with van der Waals surface area (Å²) >= 11 is 6.27. The molecule has 0 spiro atoms. The molecule has 7 heteroatoms. The summed E-state index contributed by atoms with van der Waals surface area (Å²) in [7, 11) is 0. The van der Waals surface area contributed by atoms with Crippen LogP contribution in [-0.2, 0) is 9.53 Å². The van der Waals surface area contributed by atoms with Crippen molar-refractivity contribution in [3.63, 3.8) is 0 Å². The van der Waals surface area contributed by atoms with Crippen LogP contribution in [0.1, 0.15) is 36.0 Å². The Balaban J connectivity index is 1.61. The summed E-state index contributed by atoms with van der Waals surface area (Å²) in [4.78, 5) is 26.4. The second-order valence-corrected chi connectivity index (χ2v) is 7.11. The van der Waals surface area contributed by atoms with Gasteiger partial charge >= 0.3 is 0 Å². The van der Waals surface area contributed by atoms with E-state index in [1.807, 2.05) is 0 Å². The van der Waals surface area contributed by atoms with Crippen LogP contribution in [-0.4, -0.2) is 49.1 Å². The number of halogens is 1. The van der Waals surface area contributed by atoms with Gasteiger partial charge in [-0.3, -0.25) is 9.59 Å². The molecule has 0 aromatic heterocycles. The Morgan fingerprint density at radius 1 is 1.28 bits per heavy atom. The molecule has 1 saturated heterocycles. The minimum atomic E-state index is -0.108. The number of carbonyl (C=O) groups is 2. The van der Waals surface area contributed by atoms with E-state index in [-0.39, 0.29) is 23.8 Å². The Morgan fingerprint density at radius 3 is 2.68 bits per heavy atom. The number of benzene rings is 1. The fraction of sp³-hybridized carbons (Fsp3) is 0.556. The van der Waals surface area contributed by atoms with E-state index in [1.54, 1.807) is 23.1 Å².